The number of rotatable bonds is 5. The molecule has 1 amide bonds. The van der Waals surface area contributed by atoms with Crippen molar-refractivity contribution >= 4 is 15.7 Å². The predicted molar refractivity (Wildman–Crippen MR) is 80.9 cm³/mol. The molecule has 0 aromatic rings. The molecule has 0 aromatic carbocycles. The molecule has 2 heterocycles. The number of likely N-dealkylation sites (tertiary alicyclic amines) is 1. The van der Waals surface area contributed by atoms with E-state index in [1.165, 1.54) is 6.26 Å². The molecular formula is C14H26N2O4S. The van der Waals surface area contributed by atoms with Gasteiger partial charge in [-0.25, -0.2) is 8.42 Å². The topological polar surface area (TPSA) is 75.7 Å². The molecule has 0 bridgehead atoms. The SMILES string of the molecule is CS(=O)(=O)CCNC(=O)C1CCN(C2CCOCC2)CC1. The maximum atomic E-state index is 12.0. The predicted octanol–water partition coefficient (Wildman–Crippen LogP) is 0.0382. The lowest BCUT2D eigenvalue weighted by atomic mass is 9.93. The molecule has 0 unspecified atom stereocenters. The van der Waals surface area contributed by atoms with E-state index in [4.69, 9.17) is 4.74 Å². The second-order valence-corrected chi connectivity index (χ2v) is 8.33. The van der Waals surface area contributed by atoms with Gasteiger partial charge < -0.3 is 15.0 Å². The molecule has 122 valence electrons. The monoisotopic (exact) mass is 318 g/mol. The molecule has 0 radical (unpaired) electrons. The van der Waals surface area contributed by atoms with Gasteiger partial charge in [-0.2, -0.15) is 0 Å². The number of carbonyl (C=O) groups excluding carboxylic acids is 1. The summed E-state index contributed by atoms with van der Waals surface area (Å²) in [4.78, 5) is 14.5. The maximum absolute atomic E-state index is 12.0. The van der Waals surface area contributed by atoms with E-state index in [0.717, 1.165) is 52.0 Å². The first-order valence-corrected chi connectivity index (χ1v) is 9.79. The molecule has 2 fully saturated rings. The van der Waals surface area contributed by atoms with Crippen LogP contribution in [-0.2, 0) is 19.4 Å². The number of nitrogens with one attached hydrogen (secondary N) is 1. The molecule has 2 rings (SSSR count). The number of hydrogen-bond acceptors (Lipinski definition) is 5. The van der Waals surface area contributed by atoms with E-state index < -0.39 is 9.84 Å². The Morgan fingerprint density at radius 2 is 1.81 bits per heavy atom. The molecule has 6 nitrogen and oxygen atoms in total. The van der Waals surface area contributed by atoms with Gasteiger partial charge in [-0.05, 0) is 38.8 Å². The number of piperidine rings is 1. The molecule has 0 atom stereocenters. The normalized spacial score (nSPS) is 23.1. The van der Waals surface area contributed by atoms with Gasteiger partial charge in [0.05, 0.1) is 5.75 Å². The fourth-order valence-electron chi connectivity index (χ4n) is 3.08. The zero-order valence-corrected chi connectivity index (χ0v) is 13.5. The zero-order valence-electron chi connectivity index (χ0n) is 12.7. The fraction of sp³-hybridized carbons (Fsp3) is 0.929. The second-order valence-electron chi connectivity index (χ2n) is 6.07. The summed E-state index contributed by atoms with van der Waals surface area (Å²) in [6.07, 6.45) is 5.09. The van der Waals surface area contributed by atoms with E-state index in [1.54, 1.807) is 0 Å². The van der Waals surface area contributed by atoms with Gasteiger partial charge in [0.15, 0.2) is 0 Å². The van der Waals surface area contributed by atoms with Gasteiger partial charge >= 0.3 is 0 Å². The quantitative estimate of drug-likeness (QED) is 0.774. The molecule has 0 aromatic heterocycles. The van der Waals surface area contributed by atoms with Crippen LogP contribution in [0.2, 0.25) is 0 Å². The van der Waals surface area contributed by atoms with Crippen LogP contribution >= 0.6 is 0 Å². The Bertz CT molecular complexity index is 438. The van der Waals surface area contributed by atoms with Crippen molar-refractivity contribution in [1.29, 1.82) is 0 Å². The largest absolute Gasteiger partial charge is 0.381 e. The van der Waals surface area contributed by atoms with Crippen LogP contribution in [0.25, 0.3) is 0 Å². The highest BCUT2D eigenvalue weighted by Gasteiger charge is 2.29. The van der Waals surface area contributed by atoms with Crippen LogP contribution < -0.4 is 5.32 Å². The second kappa shape index (κ2) is 7.56. The third kappa shape index (κ3) is 5.56. The van der Waals surface area contributed by atoms with Crippen molar-refractivity contribution in [3.05, 3.63) is 0 Å². The summed E-state index contributed by atoms with van der Waals surface area (Å²) >= 11 is 0. The van der Waals surface area contributed by atoms with Gasteiger partial charge in [0.25, 0.3) is 0 Å². The Balaban J connectivity index is 1.69. The highest BCUT2D eigenvalue weighted by atomic mass is 32.2. The molecule has 7 heteroatoms. The van der Waals surface area contributed by atoms with Crippen molar-refractivity contribution in [3.63, 3.8) is 0 Å². The first-order chi connectivity index (χ1) is 9.96. The third-order valence-electron chi connectivity index (χ3n) is 4.38. The van der Waals surface area contributed by atoms with Gasteiger partial charge in [0, 0.05) is 38.0 Å². The molecular weight excluding hydrogens is 292 g/mol. The van der Waals surface area contributed by atoms with Crippen molar-refractivity contribution < 1.29 is 17.9 Å². The Labute approximate surface area is 127 Å². The summed E-state index contributed by atoms with van der Waals surface area (Å²) in [6.45, 7) is 3.81. The number of hydrogen-bond donors (Lipinski definition) is 1. The minimum Gasteiger partial charge on any atom is -0.381 e. The highest BCUT2D eigenvalue weighted by molar-refractivity contribution is 7.90. The smallest absolute Gasteiger partial charge is 0.223 e. The van der Waals surface area contributed by atoms with Crippen molar-refractivity contribution in [2.24, 2.45) is 5.92 Å². The highest BCUT2D eigenvalue weighted by Crippen LogP contribution is 2.23. The summed E-state index contributed by atoms with van der Waals surface area (Å²) in [7, 11) is -3.01. The van der Waals surface area contributed by atoms with Crippen LogP contribution in [-0.4, -0.2) is 70.1 Å². The van der Waals surface area contributed by atoms with Gasteiger partial charge in [-0.1, -0.05) is 0 Å². The van der Waals surface area contributed by atoms with E-state index in [2.05, 4.69) is 10.2 Å². The summed E-state index contributed by atoms with van der Waals surface area (Å²) in [5.74, 6) is 0.0468. The van der Waals surface area contributed by atoms with Crippen LogP contribution in [0.5, 0.6) is 0 Å². The first-order valence-electron chi connectivity index (χ1n) is 7.73. The van der Waals surface area contributed by atoms with Crippen LogP contribution in [0.15, 0.2) is 0 Å². The van der Waals surface area contributed by atoms with Gasteiger partial charge in [-0.15, -0.1) is 0 Å². The van der Waals surface area contributed by atoms with E-state index in [0.29, 0.717) is 6.04 Å². The molecule has 2 aliphatic heterocycles. The van der Waals surface area contributed by atoms with Crippen molar-refractivity contribution in [2.75, 3.05) is 44.9 Å². The molecule has 0 spiro atoms. The average molecular weight is 318 g/mol. The van der Waals surface area contributed by atoms with E-state index in [1.807, 2.05) is 0 Å². The van der Waals surface area contributed by atoms with Gasteiger partial charge in [0.2, 0.25) is 5.91 Å². The number of amides is 1. The van der Waals surface area contributed by atoms with Gasteiger partial charge in [0.1, 0.15) is 9.84 Å². The first kappa shape index (κ1) is 16.7. The Hall–Kier alpha value is -0.660. The van der Waals surface area contributed by atoms with E-state index in [-0.39, 0.29) is 24.1 Å². The zero-order chi connectivity index (χ0) is 15.3. The third-order valence-corrected chi connectivity index (χ3v) is 5.33. The summed E-state index contributed by atoms with van der Waals surface area (Å²) in [6, 6.07) is 0.605. The maximum Gasteiger partial charge on any atom is 0.223 e. The molecule has 0 aliphatic carbocycles. The Kier molecular flexibility index (Phi) is 6.01. The van der Waals surface area contributed by atoms with Gasteiger partial charge in [-0.3, -0.25) is 4.79 Å². The number of sulfone groups is 1. The standard InChI is InChI=1S/C14H26N2O4S/c1-21(18,19)11-6-15-14(17)12-2-7-16(8-3-12)13-4-9-20-10-5-13/h12-13H,2-11H2,1H3,(H,15,17). The minimum atomic E-state index is -3.01. The lowest BCUT2D eigenvalue weighted by Gasteiger charge is -2.38. The lowest BCUT2D eigenvalue weighted by Crippen LogP contribution is -2.47. The average Bonchev–Trinajstić information content (AvgIpc) is 2.47. The van der Waals surface area contributed by atoms with Crippen LogP contribution in [0, 0.1) is 5.92 Å². The lowest BCUT2D eigenvalue weighted by molar-refractivity contribution is -0.126. The number of ether oxygens (including phenoxy) is 1. The molecule has 21 heavy (non-hydrogen) atoms. The van der Waals surface area contributed by atoms with Crippen LogP contribution in [0.1, 0.15) is 25.7 Å². The summed E-state index contributed by atoms with van der Waals surface area (Å²) in [5.41, 5.74) is 0. The van der Waals surface area contributed by atoms with Crippen LogP contribution in [0.4, 0.5) is 0 Å². The van der Waals surface area contributed by atoms with Crippen molar-refractivity contribution in [2.45, 2.75) is 31.7 Å². The summed E-state index contributed by atoms with van der Waals surface area (Å²) in [5, 5.41) is 2.75. The molecule has 1 N–H and O–H groups in total. The van der Waals surface area contributed by atoms with E-state index >= 15 is 0 Å². The Morgan fingerprint density at radius 3 is 2.38 bits per heavy atom. The van der Waals surface area contributed by atoms with Crippen molar-refractivity contribution in [1.82, 2.24) is 10.2 Å². The van der Waals surface area contributed by atoms with Crippen LogP contribution in [0.3, 0.4) is 0 Å². The Morgan fingerprint density at radius 1 is 1.19 bits per heavy atom. The van der Waals surface area contributed by atoms with E-state index in [9.17, 15) is 13.2 Å². The number of carbonyl (C=O) groups is 1. The fourth-order valence-corrected chi connectivity index (χ4v) is 3.55. The van der Waals surface area contributed by atoms with Crippen molar-refractivity contribution in [3.8, 4) is 0 Å². The number of nitrogens with zero attached hydrogens (tertiary/aromatic N) is 1. The molecule has 2 saturated heterocycles. The summed E-state index contributed by atoms with van der Waals surface area (Å²) < 4.78 is 27.5. The molecule has 2 aliphatic rings. The molecule has 0 saturated carbocycles. The minimum absolute atomic E-state index is 0.00489.